The molecule has 1 aromatic heterocycles. The van der Waals surface area contributed by atoms with E-state index in [-0.39, 0.29) is 11.9 Å². The number of hydrogen-bond acceptors (Lipinski definition) is 5. The first-order valence-corrected chi connectivity index (χ1v) is 8.96. The maximum absolute atomic E-state index is 12.2. The van der Waals surface area contributed by atoms with Crippen molar-refractivity contribution in [3.63, 3.8) is 0 Å². The molecule has 2 rings (SSSR count). The number of imide groups is 1. The Kier molecular flexibility index (Phi) is 6.58. The van der Waals surface area contributed by atoms with Gasteiger partial charge in [-0.25, -0.2) is 4.79 Å². The average Bonchev–Trinajstić information content (AvgIpc) is 2.88. The van der Waals surface area contributed by atoms with E-state index in [2.05, 4.69) is 20.8 Å². The first-order chi connectivity index (χ1) is 11.9. The number of carbonyl (C=O) groups excluding carboxylic acids is 2. The van der Waals surface area contributed by atoms with Crippen molar-refractivity contribution in [2.75, 3.05) is 0 Å². The predicted molar refractivity (Wildman–Crippen MR) is 97.4 cm³/mol. The van der Waals surface area contributed by atoms with E-state index in [4.69, 9.17) is 0 Å². The summed E-state index contributed by atoms with van der Waals surface area (Å²) in [5, 5.41) is 13.4. The highest BCUT2D eigenvalue weighted by atomic mass is 32.2. The lowest BCUT2D eigenvalue weighted by Crippen LogP contribution is -2.45. The van der Waals surface area contributed by atoms with Crippen LogP contribution in [0, 0.1) is 6.92 Å². The number of amides is 3. The molecule has 3 amide bonds. The van der Waals surface area contributed by atoms with Gasteiger partial charge in [0, 0.05) is 6.04 Å². The third-order valence-corrected chi connectivity index (χ3v) is 4.47. The predicted octanol–water partition coefficient (Wildman–Crippen LogP) is 2.35. The van der Waals surface area contributed by atoms with Gasteiger partial charge in [0.25, 0.3) is 0 Å². The fourth-order valence-electron chi connectivity index (χ4n) is 2.12. The van der Waals surface area contributed by atoms with Crippen molar-refractivity contribution < 1.29 is 9.59 Å². The topological polar surface area (TPSA) is 88.9 Å². The molecule has 1 atom stereocenters. The molecule has 8 heteroatoms. The molecule has 0 spiro atoms. The zero-order valence-corrected chi connectivity index (χ0v) is 15.6. The highest BCUT2D eigenvalue weighted by molar-refractivity contribution is 8.00. The van der Waals surface area contributed by atoms with Crippen molar-refractivity contribution in [3.8, 4) is 0 Å². The molecule has 0 saturated carbocycles. The second-order valence-electron chi connectivity index (χ2n) is 5.98. The van der Waals surface area contributed by atoms with Crippen LogP contribution in [0.5, 0.6) is 0 Å². The number of rotatable bonds is 6. The number of carbonyl (C=O) groups is 2. The molecule has 0 aliphatic rings. The Bertz CT molecular complexity index is 730. The van der Waals surface area contributed by atoms with Crippen LogP contribution in [0.25, 0.3) is 0 Å². The molecule has 2 N–H and O–H groups in total. The number of urea groups is 1. The Balaban J connectivity index is 2.02. The van der Waals surface area contributed by atoms with Gasteiger partial charge in [-0.2, -0.15) is 0 Å². The van der Waals surface area contributed by atoms with E-state index in [1.165, 1.54) is 11.8 Å². The van der Waals surface area contributed by atoms with Crippen LogP contribution < -0.4 is 10.6 Å². The lowest BCUT2D eigenvalue weighted by molar-refractivity contribution is -0.119. The molecule has 1 heterocycles. The fraction of sp³-hybridized carbons (Fsp3) is 0.412. The number of hydrogen-bond donors (Lipinski definition) is 2. The summed E-state index contributed by atoms with van der Waals surface area (Å²) >= 11 is 1.28. The van der Waals surface area contributed by atoms with Crippen molar-refractivity contribution in [2.45, 2.75) is 50.7 Å². The Labute approximate surface area is 151 Å². The first kappa shape index (κ1) is 19.0. The van der Waals surface area contributed by atoms with Crippen LogP contribution in [0.15, 0.2) is 35.5 Å². The van der Waals surface area contributed by atoms with Gasteiger partial charge >= 0.3 is 6.03 Å². The minimum Gasteiger partial charge on any atom is -0.336 e. The van der Waals surface area contributed by atoms with Crippen LogP contribution in [0.1, 0.15) is 32.2 Å². The number of aryl methyl sites for hydroxylation is 1. The number of aromatic nitrogens is 3. The Morgan fingerprint density at radius 2 is 1.84 bits per heavy atom. The Morgan fingerprint density at radius 3 is 2.48 bits per heavy atom. The van der Waals surface area contributed by atoms with Crippen LogP contribution in [-0.2, 0) is 11.3 Å². The van der Waals surface area contributed by atoms with Crippen LogP contribution >= 0.6 is 11.8 Å². The van der Waals surface area contributed by atoms with Crippen molar-refractivity contribution in [3.05, 3.63) is 41.7 Å². The monoisotopic (exact) mass is 361 g/mol. The van der Waals surface area contributed by atoms with Gasteiger partial charge < -0.3 is 9.88 Å². The van der Waals surface area contributed by atoms with Crippen LogP contribution in [-0.4, -0.2) is 38.0 Å². The van der Waals surface area contributed by atoms with Crippen LogP contribution in [0.2, 0.25) is 0 Å². The molecule has 0 bridgehead atoms. The van der Waals surface area contributed by atoms with Crippen LogP contribution in [0.3, 0.4) is 0 Å². The maximum atomic E-state index is 12.2. The average molecular weight is 361 g/mol. The van der Waals surface area contributed by atoms with Gasteiger partial charge in [-0.15, -0.1) is 10.2 Å². The lowest BCUT2D eigenvalue weighted by Gasteiger charge is -2.14. The standard InChI is InChI=1S/C17H23N5O2S/c1-11(2)18-16(24)19-15(23)12(3)25-17-21-20-13(4)22(17)10-14-8-6-5-7-9-14/h5-9,11-12H,10H2,1-4H3,(H2,18,19,23,24)/t12-/m1/s1. The van der Waals surface area contributed by atoms with E-state index in [0.29, 0.717) is 11.7 Å². The molecule has 1 aromatic carbocycles. The molecule has 0 radical (unpaired) electrons. The summed E-state index contributed by atoms with van der Waals surface area (Å²) in [6.07, 6.45) is 0. The highest BCUT2D eigenvalue weighted by Crippen LogP contribution is 2.23. The van der Waals surface area contributed by atoms with Gasteiger partial charge in [-0.3, -0.25) is 10.1 Å². The SMILES string of the molecule is Cc1nnc(S[C@H](C)C(=O)NC(=O)NC(C)C)n1Cc1ccccc1. The number of nitrogens with one attached hydrogen (secondary N) is 2. The zero-order valence-electron chi connectivity index (χ0n) is 14.8. The molecule has 25 heavy (non-hydrogen) atoms. The number of thioether (sulfide) groups is 1. The third-order valence-electron chi connectivity index (χ3n) is 3.39. The molecule has 134 valence electrons. The zero-order chi connectivity index (χ0) is 18.4. The largest absolute Gasteiger partial charge is 0.336 e. The van der Waals surface area contributed by atoms with E-state index in [0.717, 1.165) is 11.4 Å². The van der Waals surface area contributed by atoms with Gasteiger partial charge in [0.15, 0.2) is 5.16 Å². The van der Waals surface area contributed by atoms with Gasteiger partial charge in [0.2, 0.25) is 5.91 Å². The number of nitrogens with zero attached hydrogens (tertiary/aromatic N) is 3. The molecule has 7 nitrogen and oxygen atoms in total. The molecule has 0 saturated heterocycles. The molecule has 2 aromatic rings. The molecule has 0 fully saturated rings. The van der Waals surface area contributed by atoms with E-state index in [1.54, 1.807) is 6.92 Å². The summed E-state index contributed by atoms with van der Waals surface area (Å²) in [7, 11) is 0. The highest BCUT2D eigenvalue weighted by Gasteiger charge is 2.21. The van der Waals surface area contributed by atoms with E-state index < -0.39 is 11.3 Å². The van der Waals surface area contributed by atoms with Crippen molar-refractivity contribution in [1.29, 1.82) is 0 Å². The summed E-state index contributed by atoms with van der Waals surface area (Å²) in [5.74, 6) is 0.409. The second kappa shape index (κ2) is 8.66. The summed E-state index contributed by atoms with van der Waals surface area (Å²) in [6, 6.07) is 9.45. The summed E-state index contributed by atoms with van der Waals surface area (Å²) in [6.45, 7) is 7.90. The molecule has 0 unspecified atom stereocenters. The van der Waals surface area contributed by atoms with Crippen molar-refractivity contribution in [1.82, 2.24) is 25.4 Å². The summed E-state index contributed by atoms with van der Waals surface area (Å²) < 4.78 is 1.96. The third kappa shape index (κ3) is 5.60. The Hall–Kier alpha value is -2.35. The minimum absolute atomic E-state index is 0.0348. The van der Waals surface area contributed by atoms with Crippen molar-refractivity contribution >= 4 is 23.7 Å². The lowest BCUT2D eigenvalue weighted by atomic mass is 10.2. The molecular formula is C17H23N5O2S. The van der Waals surface area contributed by atoms with E-state index >= 15 is 0 Å². The maximum Gasteiger partial charge on any atom is 0.321 e. The summed E-state index contributed by atoms with van der Waals surface area (Å²) in [5.41, 5.74) is 1.13. The van der Waals surface area contributed by atoms with Crippen molar-refractivity contribution in [2.24, 2.45) is 0 Å². The van der Waals surface area contributed by atoms with Gasteiger partial charge in [-0.1, -0.05) is 42.1 Å². The smallest absolute Gasteiger partial charge is 0.321 e. The molecule has 0 aliphatic carbocycles. The summed E-state index contributed by atoms with van der Waals surface area (Å²) in [4.78, 5) is 23.8. The quantitative estimate of drug-likeness (QED) is 0.771. The molecule has 0 aliphatic heterocycles. The van der Waals surface area contributed by atoms with E-state index in [9.17, 15) is 9.59 Å². The minimum atomic E-state index is -0.491. The van der Waals surface area contributed by atoms with E-state index in [1.807, 2.05) is 55.7 Å². The normalized spacial score (nSPS) is 12.0. The van der Waals surface area contributed by atoms with Gasteiger partial charge in [0.1, 0.15) is 5.82 Å². The van der Waals surface area contributed by atoms with Gasteiger partial charge in [0.05, 0.1) is 11.8 Å². The fourth-order valence-corrected chi connectivity index (χ4v) is 3.01. The second-order valence-corrected chi connectivity index (χ2v) is 7.29. The first-order valence-electron chi connectivity index (χ1n) is 8.08. The molecular weight excluding hydrogens is 338 g/mol. The van der Waals surface area contributed by atoms with Gasteiger partial charge in [-0.05, 0) is 33.3 Å². The number of benzene rings is 1. The Morgan fingerprint density at radius 1 is 1.16 bits per heavy atom. The van der Waals surface area contributed by atoms with Crippen LogP contribution in [0.4, 0.5) is 4.79 Å².